The number of ether oxygens (including phenoxy) is 1. The molecule has 4 rings (SSSR count). The molecule has 26 heavy (non-hydrogen) atoms. The van der Waals surface area contributed by atoms with Crippen LogP contribution in [0.1, 0.15) is 10.4 Å². The molecule has 0 bridgehead atoms. The SMILES string of the molecule is O=C(Nc1ccc(N2CCOCC2)nc1)c1ccccc1-n1ccnn1. The average Bonchev–Trinajstić information content (AvgIpc) is 3.24. The lowest BCUT2D eigenvalue weighted by Gasteiger charge is -2.27. The van der Waals surface area contributed by atoms with Gasteiger partial charge in [-0.05, 0) is 24.3 Å². The maximum Gasteiger partial charge on any atom is 0.257 e. The van der Waals surface area contributed by atoms with Crippen molar-refractivity contribution in [1.29, 1.82) is 0 Å². The third kappa shape index (κ3) is 3.40. The highest BCUT2D eigenvalue weighted by atomic mass is 16.5. The van der Waals surface area contributed by atoms with E-state index < -0.39 is 0 Å². The van der Waals surface area contributed by atoms with Crippen molar-refractivity contribution in [3.8, 4) is 5.69 Å². The second kappa shape index (κ2) is 7.32. The van der Waals surface area contributed by atoms with Gasteiger partial charge in [0.2, 0.25) is 0 Å². The van der Waals surface area contributed by atoms with Crippen LogP contribution in [0.2, 0.25) is 0 Å². The average molecular weight is 350 g/mol. The van der Waals surface area contributed by atoms with E-state index >= 15 is 0 Å². The van der Waals surface area contributed by atoms with Gasteiger partial charge < -0.3 is 15.0 Å². The van der Waals surface area contributed by atoms with Crippen LogP contribution in [0, 0.1) is 0 Å². The van der Waals surface area contributed by atoms with Crippen molar-refractivity contribution >= 4 is 17.4 Å². The van der Waals surface area contributed by atoms with Crippen LogP contribution in [-0.2, 0) is 4.74 Å². The molecule has 8 heteroatoms. The fourth-order valence-corrected chi connectivity index (χ4v) is 2.84. The molecule has 1 aromatic carbocycles. The number of morpholine rings is 1. The van der Waals surface area contributed by atoms with E-state index in [1.807, 2.05) is 30.3 Å². The van der Waals surface area contributed by atoms with E-state index in [-0.39, 0.29) is 5.91 Å². The summed E-state index contributed by atoms with van der Waals surface area (Å²) in [6.07, 6.45) is 4.94. The van der Waals surface area contributed by atoms with Gasteiger partial charge in [0.15, 0.2) is 0 Å². The lowest BCUT2D eigenvalue weighted by atomic mass is 10.1. The van der Waals surface area contributed by atoms with Gasteiger partial charge in [-0.15, -0.1) is 5.10 Å². The summed E-state index contributed by atoms with van der Waals surface area (Å²) in [6.45, 7) is 3.06. The first-order valence-corrected chi connectivity index (χ1v) is 8.37. The Morgan fingerprint density at radius 2 is 1.96 bits per heavy atom. The van der Waals surface area contributed by atoms with Crippen LogP contribution in [0.4, 0.5) is 11.5 Å². The van der Waals surface area contributed by atoms with Gasteiger partial charge in [-0.25, -0.2) is 9.67 Å². The molecule has 1 amide bonds. The van der Waals surface area contributed by atoms with Gasteiger partial charge in [-0.2, -0.15) is 0 Å². The zero-order valence-electron chi connectivity index (χ0n) is 14.1. The molecule has 1 fully saturated rings. The number of amides is 1. The molecular weight excluding hydrogens is 332 g/mol. The van der Waals surface area contributed by atoms with Gasteiger partial charge in [0, 0.05) is 13.1 Å². The highest BCUT2D eigenvalue weighted by molar-refractivity contribution is 6.06. The van der Waals surface area contributed by atoms with Gasteiger partial charge in [0.25, 0.3) is 5.91 Å². The number of carbonyl (C=O) groups excluding carboxylic acids is 1. The van der Waals surface area contributed by atoms with Crippen molar-refractivity contribution in [3.63, 3.8) is 0 Å². The largest absolute Gasteiger partial charge is 0.378 e. The zero-order valence-corrected chi connectivity index (χ0v) is 14.1. The van der Waals surface area contributed by atoms with Gasteiger partial charge >= 0.3 is 0 Å². The summed E-state index contributed by atoms with van der Waals surface area (Å²) in [4.78, 5) is 19.3. The summed E-state index contributed by atoms with van der Waals surface area (Å²) in [7, 11) is 0. The number of hydrogen-bond acceptors (Lipinski definition) is 6. The lowest BCUT2D eigenvalue weighted by molar-refractivity contribution is 0.102. The van der Waals surface area contributed by atoms with Crippen LogP contribution >= 0.6 is 0 Å². The van der Waals surface area contributed by atoms with Crippen LogP contribution in [0.15, 0.2) is 55.0 Å². The number of benzene rings is 1. The maximum atomic E-state index is 12.7. The summed E-state index contributed by atoms with van der Waals surface area (Å²) >= 11 is 0. The van der Waals surface area contributed by atoms with Crippen molar-refractivity contribution in [2.45, 2.75) is 0 Å². The van der Waals surface area contributed by atoms with Crippen molar-refractivity contribution in [2.24, 2.45) is 0 Å². The normalized spacial score (nSPS) is 14.2. The first kappa shape index (κ1) is 16.2. The lowest BCUT2D eigenvalue weighted by Crippen LogP contribution is -2.36. The minimum absolute atomic E-state index is 0.225. The number of nitrogens with one attached hydrogen (secondary N) is 1. The van der Waals surface area contributed by atoms with E-state index in [9.17, 15) is 4.79 Å². The van der Waals surface area contributed by atoms with Crippen LogP contribution < -0.4 is 10.2 Å². The Kier molecular flexibility index (Phi) is 4.57. The summed E-state index contributed by atoms with van der Waals surface area (Å²) in [5, 5.41) is 10.6. The minimum Gasteiger partial charge on any atom is -0.378 e. The Labute approximate surface area is 150 Å². The van der Waals surface area contributed by atoms with Crippen molar-refractivity contribution in [2.75, 3.05) is 36.5 Å². The Hall–Kier alpha value is -3.26. The topological polar surface area (TPSA) is 85.2 Å². The molecule has 1 N–H and O–H groups in total. The molecule has 0 radical (unpaired) electrons. The molecule has 132 valence electrons. The van der Waals surface area contributed by atoms with Gasteiger partial charge in [-0.1, -0.05) is 17.3 Å². The minimum atomic E-state index is -0.225. The van der Waals surface area contributed by atoms with E-state index in [0.29, 0.717) is 30.2 Å². The van der Waals surface area contributed by atoms with E-state index in [0.717, 1.165) is 18.9 Å². The highest BCUT2D eigenvalue weighted by Gasteiger charge is 2.15. The molecule has 3 heterocycles. The molecule has 1 aliphatic rings. The Morgan fingerprint density at radius 3 is 2.69 bits per heavy atom. The standard InChI is InChI=1S/C18H18N6O2/c25-18(15-3-1-2-4-16(15)24-8-7-20-22-24)21-14-5-6-17(19-13-14)23-9-11-26-12-10-23/h1-8,13H,9-12H2,(H,21,25). The summed E-state index contributed by atoms with van der Waals surface area (Å²) < 4.78 is 6.91. The number of rotatable bonds is 4. The highest BCUT2D eigenvalue weighted by Crippen LogP contribution is 2.18. The molecule has 2 aromatic heterocycles. The molecule has 8 nitrogen and oxygen atoms in total. The smallest absolute Gasteiger partial charge is 0.257 e. The maximum absolute atomic E-state index is 12.7. The van der Waals surface area contributed by atoms with E-state index in [4.69, 9.17) is 4.74 Å². The fraction of sp³-hybridized carbons (Fsp3) is 0.222. The number of aromatic nitrogens is 4. The predicted molar refractivity (Wildman–Crippen MR) is 96.6 cm³/mol. The van der Waals surface area contributed by atoms with Gasteiger partial charge in [-0.3, -0.25) is 4.79 Å². The molecule has 0 unspecified atom stereocenters. The van der Waals surface area contributed by atoms with Crippen LogP contribution in [-0.4, -0.2) is 52.2 Å². The predicted octanol–water partition coefficient (Wildman–Crippen LogP) is 1.75. The van der Waals surface area contributed by atoms with E-state index in [1.165, 1.54) is 0 Å². The molecule has 0 spiro atoms. The molecular formula is C18H18N6O2. The molecule has 3 aromatic rings. The summed E-state index contributed by atoms with van der Waals surface area (Å²) in [5.74, 6) is 0.659. The number of para-hydroxylation sites is 1. The monoisotopic (exact) mass is 350 g/mol. The van der Waals surface area contributed by atoms with Crippen LogP contribution in [0.25, 0.3) is 5.69 Å². The fourth-order valence-electron chi connectivity index (χ4n) is 2.84. The number of carbonyl (C=O) groups is 1. The Balaban J connectivity index is 1.50. The molecule has 1 saturated heterocycles. The second-order valence-electron chi connectivity index (χ2n) is 5.82. The van der Waals surface area contributed by atoms with E-state index in [2.05, 4.69) is 25.5 Å². The van der Waals surface area contributed by atoms with Gasteiger partial charge in [0.1, 0.15) is 5.82 Å². The summed E-state index contributed by atoms with van der Waals surface area (Å²) in [6, 6.07) is 11.0. The van der Waals surface area contributed by atoms with Crippen molar-refractivity contribution < 1.29 is 9.53 Å². The third-order valence-corrected chi connectivity index (χ3v) is 4.16. The van der Waals surface area contributed by atoms with Crippen LogP contribution in [0.3, 0.4) is 0 Å². The third-order valence-electron chi connectivity index (χ3n) is 4.16. The number of hydrogen-bond donors (Lipinski definition) is 1. The Morgan fingerprint density at radius 1 is 1.12 bits per heavy atom. The number of anilines is 2. The summed E-state index contributed by atoms with van der Waals surface area (Å²) in [5.41, 5.74) is 1.82. The van der Waals surface area contributed by atoms with Crippen molar-refractivity contribution in [1.82, 2.24) is 20.0 Å². The molecule has 1 aliphatic heterocycles. The van der Waals surface area contributed by atoms with E-state index in [1.54, 1.807) is 29.3 Å². The van der Waals surface area contributed by atoms with Gasteiger partial charge in [0.05, 0.1) is 48.7 Å². The van der Waals surface area contributed by atoms with Crippen LogP contribution in [0.5, 0.6) is 0 Å². The first-order valence-electron chi connectivity index (χ1n) is 8.37. The first-order chi connectivity index (χ1) is 12.8. The number of pyridine rings is 1. The van der Waals surface area contributed by atoms with Crippen molar-refractivity contribution in [3.05, 3.63) is 60.6 Å². The molecule has 0 saturated carbocycles. The Bertz CT molecular complexity index is 873. The molecule has 0 atom stereocenters. The molecule has 0 aliphatic carbocycles. The number of nitrogens with zero attached hydrogens (tertiary/aromatic N) is 5. The zero-order chi connectivity index (χ0) is 17.8. The second-order valence-corrected chi connectivity index (χ2v) is 5.82. The quantitative estimate of drug-likeness (QED) is 0.772.